The molecule has 4 atom stereocenters. The molecule has 2 aromatic carbocycles. The van der Waals surface area contributed by atoms with Gasteiger partial charge < -0.3 is 30.8 Å². The van der Waals surface area contributed by atoms with E-state index in [9.17, 15) is 15.0 Å². The third kappa shape index (κ3) is 3.66. The van der Waals surface area contributed by atoms with Crippen LogP contribution in [0.25, 0.3) is 21.8 Å². The third-order valence-corrected chi connectivity index (χ3v) is 5.06. The van der Waals surface area contributed by atoms with Crippen molar-refractivity contribution in [3.05, 3.63) is 71.3 Å². The summed E-state index contributed by atoms with van der Waals surface area (Å²) in [6.45, 7) is -0.453. The topological polar surface area (TPSA) is 147 Å². The number of rotatable bonds is 2. The fourth-order valence-corrected chi connectivity index (χ4v) is 3.53. The predicted molar refractivity (Wildman–Crippen MR) is 112 cm³/mol. The summed E-state index contributed by atoms with van der Waals surface area (Å²) < 4.78 is 6.19. The van der Waals surface area contributed by atoms with E-state index in [0.29, 0.717) is 0 Å². The van der Waals surface area contributed by atoms with Crippen LogP contribution in [0, 0.1) is 0 Å². The number of nitrogen functional groups attached to an aromatic ring is 1. The normalized spacial score (nSPS) is 23.4. The van der Waals surface area contributed by atoms with Gasteiger partial charge in [0.25, 0.3) is 0 Å². The number of nitrogens with zero attached hydrogens (tertiary/aromatic N) is 2. The van der Waals surface area contributed by atoms with Crippen LogP contribution in [0.2, 0.25) is 0 Å². The number of H-pyrrole nitrogens is 1. The fourth-order valence-electron chi connectivity index (χ4n) is 3.53. The summed E-state index contributed by atoms with van der Waals surface area (Å²) >= 11 is 0. The lowest BCUT2D eigenvalue weighted by atomic mass is 10.1. The highest BCUT2D eigenvalue weighted by Gasteiger charge is 2.43. The largest absolute Gasteiger partial charge is 0.394 e. The van der Waals surface area contributed by atoms with Crippen molar-refractivity contribution in [1.82, 2.24) is 14.5 Å². The summed E-state index contributed by atoms with van der Waals surface area (Å²) in [6, 6.07) is 18.1. The number of aliphatic hydroxyl groups excluding tert-OH is 3. The fraction of sp³-hybridized carbons (Fsp3) is 0.238. The average molecular weight is 410 g/mol. The van der Waals surface area contributed by atoms with Crippen LogP contribution in [0.5, 0.6) is 0 Å². The minimum absolute atomic E-state index is 0.0537. The Morgan fingerprint density at radius 1 is 1.00 bits per heavy atom. The molecule has 0 saturated carbocycles. The first-order valence-electron chi connectivity index (χ1n) is 9.42. The molecular weight excluding hydrogens is 388 g/mol. The number of nitrogens with two attached hydrogens (primary N) is 1. The van der Waals surface area contributed by atoms with Crippen LogP contribution in [0.15, 0.2) is 65.6 Å². The molecule has 1 saturated heterocycles. The molecule has 0 unspecified atom stereocenters. The lowest BCUT2D eigenvalue weighted by Crippen LogP contribution is -2.36. The van der Waals surface area contributed by atoms with Gasteiger partial charge in [-0.05, 0) is 18.2 Å². The molecule has 9 heteroatoms. The highest BCUT2D eigenvalue weighted by atomic mass is 16.6. The van der Waals surface area contributed by atoms with Crippen molar-refractivity contribution in [3.63, 3.8) is 0 Å². The van der Waals surface area contributed by atoms with Crippen molar-refractivity contribution in [3.8, 4) is 0 Å². The molecule has 0 bridgehead atoms. The number of anilines is 1. The van der Waals surface area contributed by atoms with Gasteiger partial charge in [-0.1, -0.05) is 36.4 Å². The van der Waals surface area contributed by atoms with Crippen molar-refractivity contribution >= 4 is 27.6 Å². The molecular formula is C21H22N4O5. The second-order valence-corrected chi connectivity index (χ2v) is 6.99. The average Bonchev–Trinajstić information content (AvgIpc) is 3.26. The Morgan fingerprint density at radius 3 is 2.13 bits per heavy atom. The summed E-state index contributed by atoms with van der Waals surface area (Å²) in [5, 5.41) is 30.8. The van der Waals surface area contributed by atoms with Gasteiger partial charge in [-0.25, -0.2) is 4.79 Å². The van der Waals surface area contributed by atoms with Crippen molar-refractivity contribution in [2.45, 2.75) is 24.5 Å². The van der Waals surface area contributed by atoms with Crippen LogP contribution in [-0.2, 0) is 4.74 Å². The van der Waals surface area contributed by atoms with Crippen LogP contribution in [-0.4, -0.2) is 54.8 Å². The monoisotopic (exact) mass is 410 g/mol. The molecule has 3 heterocycles. The van der Waals surface area contributed by atoms with Gasteiger partial charge in [0.2, 0.25) is 0 Å². The molecule has 30 heavy (non-hydrogen) atoms. The molecule has 6 N–H and O–H groups in total. The third-order valence-electron chi connectivity index (χ3n) is 5.06. The van der Waals surface area contributed by atoms with Gasteiger partial charge in [-0.3, -0.25) is 4.57 Å². The Bertz CT molecular complexity index is 1170. The van der Waals surface area contributed by atoms with Crippen LogP contribution in [0.3, 0.4) is 0 Å². The maximum Gasteiger partial charge on any atom is 0.351 e. The summed E-state index contributed by atoms with van der Waals surface area (Å²) in [6.07, 6.45) is -3.27. The number of nitrogens with one attached hydrogen (secondary N) is 1. The Hall–Kier alpha value is -3.24. The van der Waals surface area contributed by atoms with Crippen LogP contribution < -0.4 is 11.4 Å². The Balaban J connectivity index is 0.000000150. The van der Waals surface area contributed by atoms with Gasteiger partial charge in [-0.2, -0.15) is 4.98 Å². The van der Waals surface area contributed by atoms with Gasteiger partial charge in [0.15, 0.2) is 6.23 Å². The maximum absolute atomic E-state index is 11.5. The zero-order chi connectivity index (χ0) is 21.3. The van der Waals surface area contributed by atoms with Crippen molar-refractivity contribution in [1.29, 1.82) is 0 Å². The number of hydrogen-bond acceptors (Lipinski definition) is 7. The molecule has 1 aliphatic rings. The van der Waals surface area contributed by atoms with Gasteiger partial charge in [0.1, 0.15) is 24.1 Å². The van der Waals surface area contributed by atoms with E-state index in [4.69, 9.17) is 15.6 Å². The smallest absolute Gasteiger partial charge is 0.351 e. The van der Waals surface area contributed by atoms with E-state index in [1.165, 1.54) is 34.1 Å². The molecule has 4 aromatic rings. The lowest BCUT2D eigenvalue weighted by molar-refractivity contribution is -0.0549. The Morgan fingerprint density at radius 2 is 1.60 bits per heavy atom. The number of hydrogen-bond donors (Lipinski definition) is 5. The first-order valence-corrected chi connectivity index (χ1v) is 9.42. The number of benzene rings is 2. The van der Waals surface area contributed by atoms with Gasteiger partial charge in [-0.15, -0.1) is 0 Å². The van der Waals surface area contributed by atoms with E-state index in [-0.39, 0.29) is 5.82 Å². The van der Waals surface area contributed by atoms with E-state index in [2.05, 4.69) is 58.5 Å². The van der Waals surface area contributed by atoms with E-state index in [0.717, 1.165) is 4.57 Å². The zero-order valence-corrected chi connectivity index (χ0v) is 15.9. The molecule has 1 aliphatic heterocycles. The van der Waals surface area contributed by atoms with Crippen LogP contribution in [0.4, 0.5) is 5.82 Å². The molecule has 1 fully saturated rings. The van der Waals surface area contributed by atoms with E-state index in [1.54, 1.807) is 0 Å². The summed E-state index contributed by atoms with van der Waals surface area (Å²) in [5.41, 5.74) is 7.05. The molecule has 0 aliphatic carbocycles. The summed E-state index contributed by atoms with van der Waals surface area (Å²) in [4.78, 5) is 18.4. The number of para-hydroxylation sites is 2. The lowest BCUT2D eigenvalue weighted by Gasteiger charge is -2.16. The number of ether oxygens (including phenoxy) is 1. The molecule has 9 nitrogen and oxygen atoms in total. The first kappa shape index (κ1) is 20.0. The predicted octanol–water partition coefficient (Wildman–Crippen LogP) is 0.758. The quantitative estimate of drug-likeness (QED) is 0.328. The molecule has 0 spiro atoms. The van der Waals surface area contributed by atoms with Gasteiger partial charge >= 0.3 is 5.69 Å². The minimum Gasteiger partial charge on any atom is -0.394 e. The maximum atomic E-state index is 11.5. The standard InChI is InChI=1S/C12H9N.C9H13N3O5/c1-3-7-11-9(5-1)10-6-2-4-8-12(10)13-11;10-5-1-2-12(9(16)11-5)8-7(15)6(14)4(3-13)17-8/h1-8,13H;1-2,4,6-8,13-15H,3H2,(H2,10,11,16)/t;4-,6-,7-,8-/m.1/s1. The minimum atomic E-state index is -1.31. The number of fused-ring (bicyclic) bond motifs is 3. The number of aliphatic hydroxyl groups is 3. The van der Waals surface area contributed by atoms with Crippen LogP contribution >= 0.6 is 0 Å². The van der Waals surface area contributed by atoms with Crippen molar-refractivity contribution < 1.29 is 20.1 Å². The number of aromatic nitrogens is 3. The Kier molecular flexibility index (Phi) is 5.51. The van der Waals surface area contributed by atoms with Crippen molar-refractivity contribution in [2.75, 3.05) is 12.3 Å². The van der Waals surface area contributed by atoms with E-state index < -0.39 is 36.8 Å². The van der Waals surface area contributed by atoms with Gasteiger partial charge in [0.05, 0.1) is 6.61 Å². The van der Waals surface area contributed by atoms with Crippen molar-refractivity contribution in [2.24, 2.45) is 0 Å². The summed E-state index contributed by atoms with van der Waals surface area (Å²) in [7, 11) is 0. The molecule has 156 valence electrons. The molecule has 2 aromatic heterocycles. The zero-order valence-electron chi connectivity index (χ0n) is 15.9. The molecule has 0 radical (unpaired) electrons. The van der Waals surface area contributed by atoms with Crippen LogP contribution in [0.1, 0.15) is 6.23 Å². The second kappa shape index (κ2) is 8.25. The summed E-state index contributed by atoms with van der Waals surface area (Å²) in [5.74, 6) is 0.0537. The SMILES string of the molecule is Nc1ccn([C@@H]2O[C@H](CO)[C@@H](O)[C@H]2O)c(=O)n1.c1ccc2c(c1)[nH]c1ccccc12. The second-order valence-electron chi connectivity index (χ2n) is 6.99. The van der Waals surface area contributed by atoms with E-state index >= 15 is 0 Å². The van der Waals surface area contributed by atoms with E-state index in [1.807, 2.05) is 0 Å². The van der Waals surface area contributed by atoms with Gasteiger partial charge in [0, 0.05) is 28.0 Å². The number of aromatic amines is 1. The molecule has 0 amide bonds. The highest BCUT2D eigenvalue weighted by Crippen LogP contribution is 2.28. The first-order chi connectivity index (χ1) is 14.5. The Labute approximate surface area is 171 Å². The highest BCUT2D eigenvalue weighted by molar-refractivity contribution is 6.06. The molecule has 5 rings (SSSR count).